The molecule has 0 atom stereocenters. The van der Waals surface area contributed by atoms with E-state index in [4.69, 9.17) is 4.42 Å². The molecule has 0 bridgehead atoms. The second-order valence-corrected chi connectivity index (χ2v) is 5.65. The molecule has 0 aliphatic heterocycles. The first-order chi connectivity index (χ1) is 11.2. The van der Waals surface area contributed by atoms with E-state index >= 15 is 0 Å². The molecule has 0 aliphatic rings. The molecule has 0 N–H and O–H groups in total. The van der Waals surface area contributed by atoms with E-state index in [1.54, 1.807) is 6.20 Å². The Morgan fingerprint density at radius 2 is 1.96 bits per heavy atom. The minimum atomic E-state index is 0.761. The molecule has 1 heterocycles. The summed E-state index contributed by atoms with van der Waals surface area (Å²) >= 11 is 0. The van der Waals surface area contributed by atoms with Gasteiger partial charge < -0.3 is 9.32 Å². The summed E-state index contributed by atoms with van der Waals surface area (Å²) < 4.78 is 5.28. The monoisotopic (exact) mass is 305 g/mol. The first-order valence-corrected chi connectivity index (χ1v) is 7.47. The van der Waals surface area contributed by atoms with Crippen LogP contribution < -0.4 is 0 Å². The van der Waals surface area contributed by atoms with Crippen LogP contribution in [0.1, 0.15) is 11.1 Å². The summed E-state index contributed by atoms with van der Waals surface area (Å²) in [6.07, 6.45) is 5.03. The van der Waals surface area contributed by atoms with E-state index in [2.05, 4.69) is 53.2 Å². The molecule has 23 heavy (non-hydrogen) atoms. The predicted octanol–water partition coefficient (Wildman–Crippen LogP) is 4.15. The van der Waals surface area contributed by atoms with Gasteiger partial charge in [0.1, 0.15) is 0 Å². The highest BCUT2D eigenvalue weighted by atomic mass is 16.3. The zero-order valence-electron chi connectivity index (χ0n) is 13.3. The smallest absolute Gasteiger partial charge is 0.181 e. The van der Waals surface area contributed by atoms with Gasteiger partial charge in [0.15, 0.2) is 12.2 Å². The standard InChI is InChI=1S/C19H19N3O/c1-22(2)13-16-5-3-4-15(10-16)11-21-18-8-6-17(7-9-18)19-12-20-14-23-19/h3-12,14H,13H2,1-2H3. The molecule has 4 nitrogen and oxygen atoms in total. The summed E-state index contributed by atoms with van der Waals surface area (Å²) in [5.41, 5.74) is 4.28. The Hall–Kier alpha value is -2.72. The Morgan fingerprint density at radius 3 is 2.65 bits per heavy atom. The van der Waals surface area contributed by atoms with E-state index in [-0.39, 0.29) is 0 Å². The fourth-order valence-electron chi connectivity index (χ4n) is 2.36. The number of hydrogen-bond donors (Lipinski definition) is 0. The van der Waals surface area contributed by atoms with Crippen LogP contribution in [-0.2, 0) is 6.54 Å². The van der Waals surface area contributed by atoms with E-state index in [0.717, 1.165) is 29.1 Å². The Balaban J connectivity index is 1.72. The molecule has 0 aliphatic carbocycles. The molecule has 0 saturated heterocycles. The average molecular weight is 305 g/mol. The summed E-state index contributed by atoms with van der Waals surface area (Å²) in [5.74, 6) is 0.761. The zero-order valence-corrected chi connectivity index (χ0v) is 13.3. The summed E-state index contributed by atoms with van der Waals surface area (Å²) in [7, 11) is 4.13. The second-order valence-electron chi connectivity index (χ2n) is 5.65. The van der Waals surface area contributed by atoms with Crippen LogP contribution in [0.2, 0.25) is 0 Å². The number of aromatic nitrogens is 1. The van der Waals surface area contributed by atoms with E-state index in [0.29, 0.717) is 0 Å². The fraction of sp³-hybridized carbons (Fsp3) is 0.158. The van der Waals surface area contributed by atoms with Crippen molar-refractivity contribution in [3.8, 4) is 11.3 Å². The molecule has 3 aromatic rings. The van der Waals surface area contributed by atoms with Crippen LogP contribution in [0.5, 0.6) is 0 Å². The van der Waals surface area contributed by atoms with Crippen LogP contribution in [0.15, 0.2) is 70.5 Å². The second kappa shape index (κ2) is 7.03. The normalized spacial score (nSPS) is 11.4. The number of aliphatic imine (C=N–C) groups is 1. The molecule has 0 fully saturated rings. The lowest BCUT2D eigenvalue weighted by atomic mass is 10.1. The third-order valence-electron chi connectivity index (χ3n) is 3.40. The van der Waals surface area contributed by atoms with Crippen molar-refractivity contribution in [2.24, 2.45) is 4.99 Å². The van der Waals surface area contributed by atoms with Gasteiger partial charge in [-0.3, -0.25) is 4.99 Å². The highest BCUT2D eigenvalue weighted by Crippen LogP contribution is 2.22. The molecule has 0 radical (unpaired) electrons. The molecule has 0 spiro atoms. The topological polar surface area (TPSA) is 41.6 Å². The molecule has 2 aromatic carbocycles. The van der Waals surface area contributed by atoms with Gasteiger partial charge in [0.2, 0.25) is 0 Å². The van der Waals surface area contributed by atoms with Gasteiger partial charge >= 0.3 is 0 Å². The van der Waals surface area contributed by atoms with Gasteiger partial charge in [-0.2, -0.15) is 0 Å². The Morgan fingerprint density at radius 1 is 1.13 bits per heavy atom. The number of oxazole rings is 1. The van der Waals surface area contributed by atoms with Crippen LogP contribution in [-0.4, -0.2) is 30.2 Å². The van der Waals surface area contributed by atoms with Crippen molar-refractivity contribution < 1.29 is 4.42 Å². The van der Waals surface area contributed by atoms with Crippen molar-refractivity contribution in [2.45, 2.75) is 6.54 Å². The molecule has 0 unspecified atom stereocenters. The average Bonchev–Trinajstić information content (AvgIpc) is 3.08. The van der Waals surface area contributed by atoms with Gasteiger partial charge in [-0.1, -0.05) is 18.2 Å². The van der Waals surface area contributed by atoms with E-state index in [1.807, 2.05) is 30.5 Å². The van der Waals surface area contributed by atoms with Crippen molar-refractivity contribution >= 4 is 11.9 Å². The lowest BCUT2D eigenvalue weighted by Crippen LogP contribution is -2.10. The summed E-state index contributed by atoms with van der Waals surface area (Å²) in [4.78, 5) is 10.6. The third kappa shape index (κ3) is 4.14. The van der Waals surface area contributed by atoms with Crippen molar-refractivity contribution in [1.29, 1.82) is 0 Å². The quantitative estimate of drug-likeness (QED) is 0.665. The van der Waals surface area contributed by atoms with Crippen molar-refractivity contribution in [1.82, 2.24) is 9.88 Å². The minimum absolute atomic E-state index is 0.761. The van der Waals surface area contributed by atoms with Gasteiger partial charge in [0.05, 0.1) is 11.9 Å². The molecule has 4 heteroatoms. The van der Waals surface area contributed by atoms with Crippen molar-refractivity contribution in [2.75, 3.05) is 14.1 Å². The van der Waals surface area contributed by atoms with Gasteiger partial charge in [0, 0.05) is 18.3 Å². The number of benzene rings is 2. The fourth-order valence-corrected chi connectivity index (χ4v) is 2.36. The Bertz CT molecular complexity index is 775. The maximum absolute atomic E-state index is 5.28. The molecular formula is C19H19N3O. The van der Waals surface area contributed by atoms with Gasteiger partial charge in [-0.05, 0) is 55.6 Å². The summed E-state index contributed by atoms with van der Waals surface area (Å²) in [5, 5.41) is 0. The van der Waals surface area contributed by atoms with Gasteiger partial charge in [0.25, 0.3) is 0 Å². The third-order valence-corrected chi connectivity index (χ3v) is 3.40. The molecule has 1 aromatic heterocycles. The van der Waals surface area contributed by atoms with Crippen molar-refractivity contribution in [3.63, 3.8) is 0 Å². The highest BCUT2D eigenvalue weighted by Gasteiger charge is 2.00. The lowest BCUT2D eigenvalue weighted by Gasteiger charge is -2.09. The number of hydrogen-bond acceptors (Lipinski definition) is 4. The molecular weight excluding hydrogens is 286 g/mol. The van der Waals surface area contributed by atoms with Crippen LogP contribution in [0.25, 0.3) is 11.3 Å². The maximum Gasteiger partial charge on any atom is 0.181 e. The van der Waals surface area contributed by atoms with Crippen LogP contribution in [0.3, 0.4) is 0 Å². The van der Waals surface area contributed by atoms with E-state index in [9.17, 15) is 0 Å². The molecule has 0 saturated carbocycles. The predicted molar refractivity (Wildman–Crippen MR) is 93.0 cm³/mol. The van der Waals surface area contributed by atoms with Gasteiger partial charge in [-0.15, -0.1) is 0 Å². The number of nitrogens with zero attached hydrogens (tertiary/aromatic N) is 3. The first kappa shape index (κ1) is 15.2. The first-order valence-electron chi connectivity index (χ1n) is 7.47. The van der Waals surface area contributed by atoms with E-state index < -0.39 is 0 Å². The van der Waals surface area contributed by atoms with Crippen molar-refractivity contribution in [3.05, 3.63) is 72.2 Å². The van der Waals surface area contributed by atoms with Crippen LogP contribution in [0.4, 0.5) is 5.69 Å². The lowest BCUT2D eigenvalue weighted by molar-refractivity contribution is 0.402. The largest absolute Gasteiger partial charge is 0.444 e. The summed E-state index contributed by atoms with van der Waals surface area (Å²) in [6, 6.07) is 16.3. The SMILES string of the molecule is CN(C)Cc1cccc(C=Nc2ccc(-c3cnco3)cc2)c1. The van der Waals surface area contributed by atoms with Crippen LogP contribution in [0, 0.1) is 0 Å². The molecule has 116 valence electrons. The molecule has 3 rings (SSSR count). The Kier molecular flexibility index (Phi) is 4.64. The Labute approximate surface area is 136 Å². The highest BCUT2D eigenvalue weighted by molar-refractivity contribution is 5.82. The summed E-state index contributed by atoms with van der Waals surface area (Å²) in [6.45, 7) is 0.924. The molecule has 0 amide bonds. The number of rotatable bonds is 5. The van der Waals surface area contributed by atoms with Crippen LogP contribution >= 0.6 is 0 Å². The maximum atomic E-state index is 5.28. The van der Waals surface area contributed by atoms with Gasteiger partial charge in [-0.25, -0.2) is 4.98 Å². The minimum Gasteiger partial charge on any atom is -0.444 e. The zero-order chi connectivity index (χ0) is 16.1. The van der Waals surface area contributed by atoms with E-state index in [1.165, 1.54) is 12.0 Å².